The van der Waals surface area contributed by atoms with Gasteiger partial charge in [0.15, 0.2) is 0 Å². The summed E-state index contributed by atoms with van der Waals surface area (Å²) in [6.07, 6.45) is 0.766. The maximum atomic E-state index is 5.97. The van der Waals surface area contributed by atoms with Gasteiger partial charge in [0, 0.05) is 4.47 Å². The molecule has 13 heavy (non-hydrogen) atoms. The van der Waals surface area contributed by atoms with Crippen LogP contribution in [0.5, 0.6) is 5.75 Å². The zero-order valence-corrected chi connectivity index (χ0v) is 9.65. The Bertz CT molecular complexity index is 304. The molecule has 0 aliphatic heterocycles. The molecule has 0 radical (unpaired) electrons. The number of halogens is 2. The van der Waals surface area contributed by atoms with Crippen LogP contribution in [0.15, 0.2) is 16.6 Å². The van der Waals surface area contributed by atoms with E-state index in [1.165, 1.54) is 0 Å². The highest BCUT2D eigenvalue weighted by molar-refractivity contribution is 9.10. The molecule has 0 aliphatic rings. The van der Waals surface area contributed by atoms with E-state index in [1.54, 1.807) is 13.2 Å². The number of hydrogen-bond donors (Lipinski definition) is 1. The summed E-state index contributed by atoms with van der Waals surface area (Å²) in [6, 6.07) is 3.78. The average Bonchev–Trinajstić information content (AvgIpc) is 2.04. The third-order valence-electron chi connectivity index (χ3n) is 1.70. The molecule has 1 aromatic rings. The lowest BCUT2D eigenvalue weighted by atomic mass is 10.1. The van der Waals surface area contributed by atoms with Crippen LogP contribution in [0.25, 0.3) is 0 Å². The van der Waals surface area contributed by atoms with Gasteiger partial charge in [0.2, 0.25) is 0 Å². The van der Waals surface area contributed by atoms with Crippen molar-refractivity contribution in [1.29, 1.82) is 0 Å². The van der Waals surface area contributed by atoms with Gasteiger partial charge in [-0.1, -0.05) is 27.5 Å². The fourth-order valence-electron chi connectivity index (χ4n) is 1.18. The van der Waals surface area contributed by atoms with Gasteiger partial charge in [-0.15, -0.1) is 0 Å². The second-order valence-electron chi connectivity index (χ2n) is 2.62. The Morgan fingerprint density at radius 2 is 2.23 bits per heavy atom. The van der Waals surface area contributed by atoms with Gasteiger partial charge in [0.05, 0.1) is 12.1 Å². The molecular weight excluding hydrogens is 253 g/mol. The highest BCUT2D eigenvalue weighted by Gasteiger charge is 2.08. The Kier molecular flexibility index (Phi) is 4.03. The summed E-state index contributed by atoms with van der Waals surface area (Å²) in [4.78, 5) is 0. The molecule has 0 heterocycles. The molecule has 0 amide bonds. The van der Waals surface area contributed by atoms with Crippen molar-refractivity contribution in [2.75, 3.05) is 13.7 Å². The summed E-state index contributed by atoms with van der Waals surface area (Å²) in [7, 11) is 1.61. The quantitative estimate of drug-likeness (QED) is 0.911. The molecule has 1 aromatic carbocycles. The van der Waals surface area contributed by atoms with Crippen LogP contribution in [0, 0.1) is 0 Å². The van der Waals surface area contributed by atoms with E-state index in [1.807, 2.05) is 6.07 Å². The minimum absolute atomic E-state index is 0.586. The third kappa shape index (κ3) is 2.59. The average molecular weight is 265 g/mol. The molecule has 0 atom stereocenters. The minimum atomic E-state index is 0.586. The highest BCUT2D eigenvalue weighted by Crippen LogP contribution is 2.32. The van der Waals surface area contributed by atoms with Crippen LogP contribution in [0.1, 0.15) is 5.56 Å². The van der Waals surface area contributed by atoms with E-state index in [2.05, 4.69) is 15.9 Å². The number of ether oxygens (including phenoxy) is 1. The van der Waals surface area contributed by atoms with Gasteiger partial charge in [-0.05, 0) is 30.7 Å². The second kappa shape index (κ2) is 4.84. The van der Waals surface area contributed by atoms with E-state index in [9.17, 15) is 0 Å². The summed E-state index contributed by atoms with van der Waals surface area (Å²) >= 11 is 9.34. The molecule has 0 spiro atoms. The molecule has 1 rings (SSSR count). The van der Waals surface area contributed by atoms with Crippen LogP contribution in [-0.2, 0) is 6.42 Å². The van der Waals surface area contributed by atoms with Crippen molar-refractivity contribution in [1.82, 2.24) is 0 Å². The van der Waals surface area contributed by atoms with Crippen molar-refractivity contribution in [3.63, 3.8) is 0 Å². The van der Waals surface area contributed by atoms with Crippen LogP contribution in [0.3, 0.4) is 0 Å². The van der Waals surface area contributed by atoms with Gasteiger partial charge >= 0.3 is 0 Å². The van der Waals surface area contributed by atoms with Crippen LogP contribution in [0.4, 0.5) is 0 Å². The zero-order chi connectivity index (χ0) is 9.84. The Labute approximate surface area is 91.2 Å². The molecule has 0 saturated heterocycles. The second-order valence-corrected chi connectivity index (χ2v) is 3.94. The third-order valence-corrected chi connectivity index (χ3v) is 2.44. The fraction of sp³-hybridized carbons (Fsp3) is 0.333. The van der Waals surface area contributed by atoms with Crippen molar-refractivity contribution in [2.24, 2.45) is 5.73 Å². The summed E-state index contributed by atoms with van der Waals surface area (Å²) < 4.78 is 6.12. The molecule has 2 N–H and O–H groups in total. The van der Waals surface area contributed by atoms with Gasteiger partial charge in [0.1, 0.15) is 5.75 Å². The number of nitrogens with two attached hydrogens (primary N) is 1. The lowest BCUT2D eigenvalue weighted by Crippen LogP contribution is -2.04. The maximum Gasteiger partial charge on any atom is 0.140 e. The molecule has 0 aliphatic carbocycles. The SMILES string of the molecule is COc1c(Cl)cc(Br)cc1CCN. The predicted molar refractivity (Wildman–Crippen MR) is 58.5 cm³/mol. The predicted octanol–water partition coefficient (Wildman–Crippen LogP) is 2.61. The Morgan fingerprint density at radius 1 is 1.54 bits per heavy atom. The van der Waals surface area contributed by atoms with Crippen molar-refractivity contribution >= 4 is 27.5 Å². The first-order valence-electron chi connectivity index (χ1n) is 3.91. The minimum Gasteiger partial charge on any atom is -0.495 e. The molecule has 2 nitrogen and oxygen atoms in total. The highest BCUT2D eigenvalue weighted by atomic mass is 79.9. The van der Waals surface area contributed by atoms with E-state index in [4.69, 9.17) is 22.1 Å². The summed E-state index contributed by atoms with van der Waals surface area (Å²) in [5.74, 6) is 0.718. The first kappa shape index (κ1) is 10.8. The fourth-order valence-corrected chi connectivity index (χ4v) is 2.14. The largest absolute Gasteiger partial charge is 0.495 e. The molecule has 0 saturated carbocycles. The maximum absolute atomic E-state index is 5.97. The molecule has 4 heteroatoms. The normalized spacial score (nSPS) is 10.2. The van der Waals surface area contributed by atoms with Crippen LogP contribution in [0.2, 0.25) is 5.02 Å². The first-order chi connectivity index (χ1) is 6.19. The van der Waals surface area contributed by atoms with Crippen LogP contribution >= 0.6 is 27.5 Å². The van der Waals surface area contributed by atoms with E-state index in [-0.39, 0.29) is 0 Å². The number of methoxy groups -OCH3 is 1. The zero-order valence-electron chi connectivity index (χ0n) is 7.31. The molecule has 0 fully saturated rings. The van der Waals surface area contributed by atoms with Crippen LogP contribution < -0.4 is 10.5 Å². The van der Waals surface area contributed by atoms with Crippen molar-refractivity contribution in [3.05, 3.63) is 27.2 Å². The van der Waals surface area contributed by atoms with E-state index >= 15 is 0 Å². The van der Waals surface area contributed by atoms with Gasteiger partial charge in [-0.2, -0.15) is 0 Å². The van der Waals surface area contributed by atoms with Crippen LogP contribution in [-0.4, -0.2) is 13.7 Å². The van der Waals surface area contributed by atoms with Crippen molar-refractivity contribution in [3.8, 4) is 5.75 Å². The standard InChI is InChI=1S/C9H11BrClNO/c1-13-9-6(2-3-12)4-7(10)5-8(9)11/h4-5H,2-3,12H2,1H3. The van der Waals surface area contributed by atoms with Crippen molar-refractivity contribution < 1.29 is 4.74 Å². The van der Waals surface area contributed by atoms with E-state index in [0.29, 0.717) is 11.6 Å². The summed E-state index contributed by atoms with van der Waals surface area (Å²) in [5.41, 5.74) is 6.50. The number of benzene rings is 1. The van der Waals surface area contributed by atoms with E-state index < -0.39 is 0 Å². The first-order valence-corrected chi connectivity index (χ1v) is 5.08. The lowest BCUT2D eigenvalue weighted by Gasteiger charge is -2.09. The molecule has 0 aromatic heterocycles. The monoisotopic (exact) mass is 263 g/mol. The van der Waals surface area contributed by atoms with Gasteiger partial charge < -0.3 is 10.5 Å². The van der Waals surface area contributed by atoms with Gasteiger partial charge in [-0.25, -0.2) is 0 Å². The smallest absolute Gasteiger partial charge is 0.140 e. The summed E-state index contributed by atoms with van der Waals surface area (Å²) in [5, 5.41) is 0.611. The Morgan fingerprint density at radius 3 is 2.77 bits per heavy atom. The van der Waals surface area contributed by atoms with Crippen molar-refractivity contribution in [2.45, 2.75) is 6.42 Å². The topological polar surface area (TPSA) is 35.2 Å². The number of hydrogen-bond acceptors (Lipinski definition) is 2. The summed E-state index contributed by atoms with van der Waals surface area (Å²) in [6.45, 7) is 0.586. The molecule has 72 valence electrons. The van der Waals surface area contributed by atoms with Gasteiger partial charge in [-0.3, -0.25) is 0 Å². The Balaban J connectivity index is 3.13. The molecular formula is C9H11BrClNO. The number of rotatable bonds is 3. The Hall–Kier alpha value is -0.250. The van der Waals surface area contributed by atoms with E-state index in [0.717, 1.165) is 22.2 Å². The molecule has 0 bridgehead atoms. The molecule has 0 unspecified atom stereocenters. The lowest BCUT2D eigenvalue weighted by molar-refractivity contribution is 0.410. The van der Waals surface area contributed by atoms with Gasteiger partial charge in [0.25, 0.3) is 0 Å².